The molecular weight excluding hydrogens is 310 g/mol. The number of nitrogens with zero attached hydrogens (tertiary/aromatic N) is 2. The largest absolute Gasteiger partial charge is 0.349 e. The van der Waals surface area contributed by atoms with Crippen LogP contribution < -0.4 is 5.32 Å². The Kier molecular flexibility index (Phi) is 4.35. The fourth-order valence-electron chi connectivity index (χ4n) is 1.58. The van der Waals surface area contributed by atoms with Gasteiger partial charge in [-0.1, -0.05) is 13.8 Å². The second kappa shape index (κ2) is 5.80. The Labute approximate surface area is 120 Å². The summed E-state index contributed by atoms with van der Waals surface area (Å²) in [6.45, 7) is 7.04. The Morgan fingerprint density at radius 2 is 2.11 bits per heavy atom. The molecule has 0 saturated heterocycles. The normalized spacial score (nSPS) is 10.9. The minimum atomic E-state index is 0.420. The molecule has 2 heterocycles. The fraction of sp³-hybridized carbons (Fsp3) is 0.385. The van der Waals surface area contributed by atoms with Gasteiger partial charge in [-0.3, -0.25) is 0 Å². The van der Waals surface area contributed by atoms with E-state index >= 15 is 0 Å². The maximum Gasteiger partial charge on any atom is 0.223 e. The van der Waals surface area contributed by atoms with Gasteiger partial charge in [0.1, 0.15) is 0 Å². The van der Waals surface area contributed by atoms with Gasteiger partial charge < -0.3 is 5.32 Å². The number of rotatable bonds is 4. The van der Waals surface area contributed by atoms with Gasteiger partial charge in [-0.25, -0.2) is 9.97 Å². The highest BCUT2D eigenvalue weighted by atomic mass is 79.9. The molecule has 0 aliphatic heterocycles. The van der Waals surface area contributed by atoms with Gasteiger partial charge in [0.05, 0.1) is 6.54 Å². The van der Waals surface area contributed by atoms with Crippen LogP contribution in [0.15, 0.2) is 22.0 Å². The molecule has 0 bridgehead atoms. The van der Waals surface area contributed by atoms with Crippen LogP contribution in [-0.2, 0) is 6.54 Å². The van der Waals surface area contributed by atoms with E-state index in [1.807, 2.05) is 13.0 Å². The third-order valence-electron chi connectivity index (χ3n) is 2.51. The Morgan fingerprint density at radius 1 is 1.33 bits per heavy atom. The van der Waals surface area contributed by atoms with Crippen LogP contribution in [0.2, 0.25) is 0 Å². The van der Waals surface area contributed by atoms with E-state index in [9.17, 15) is 0 Å². The zero-order chi connectivity index (χ0) is 13.1. The molecule has 0 aliphatic carbocycles. The molecule has 0 amide bonds. The highest BCUT2D eigenvalue weighted by Crippen LogP contribution is 2.21. The van der Waals surface area contributed by atoms with E-state index in [0.717, 1.165) is 22.4 Å². The minimum absolute atomic E-state index is 0.420. The monoisotopic (exact) mass is 325 g/mol. The van der Waals surface area contributed by atoms with E-state index in [0.29, 0.717) is 11.9 Å². The predicted molar refractivity (Wildman–Crippen MR) is 80.2 cm³/mol. The van der Waals surface area contributed by atoms with E-state index < -0.39 is 0 Å². The smallest absolute Gasteiger partial charge is 0.223 e. The molecular formula is C13H16BrN3S. The van der Waals surface area contributed by atoms with Crippen molar-refractivity contribution in [3.8, 4) is 0 Å². The van der Waals surface area contributed by atoms with Gasteiger partial charge in [0.15, 0.2) is 0 Å². The summed E-state index contributed by atoms with van der Waals surface area (Å²) in [5.74, 6) is 1.13. The fourth-order valence-corrected chi connectivity index (χ4v) is 2.97. The minimum Gasteiger partial charge on any atom is -0.349 e. The van der Waals surface area contributed by atoms with Gasteiger partial charge in [0.25, 0.3) is 0 Å². The summed E-state index contributed by atoms with van der Waals surface area (Å²) in [4.78, 5) is 10.2. The number of thiophene rings is 1. The summed E-state index contributed by atoms with van der Waals surface area (Å²) >= 11 is 5.17. The van der Waals surface area contributed by atoms with E-state index in [-0.39, 0.29) is 0 Å². The summed E-state index contributed by atoms with van der Waals surface area (Å²) in [6.07, 6.45) is 0. The van der Waals surface area contributed by atoms with E-state index in [1.165, 1.54) is 4.88 Å². The van der Waals surface area contributed by atoms with Crippen molar-refractivity contribution in [1.29, 1.82) is 0 Å². The van der Waals surface area contributed by atoms with Crippen molar-refractivity contribution in [1.82, 2.24) is 9.97 Å². The molecule has 2 aromatic heterocycles. The van der Waals surface area contributed by atoms with Crippen LogP contribution in [0.4, 0.5) is 5.95 Å². The first kappa shape index (κ1) is 13.5. The third-order valence-corrected chi connectivity index (χ3v) is 4.21. The van der Waals surface area contributed by atoms with Crippen LogP contribution >= 0.6 is 27.3 Å². The topological polar surface area (TPSA) is 37.8 Å². The molecule has 0 unspecified atom stereocenters. The maximum absolute atomic E-state index is 4.53. The Balaban J connectivity index is 2.09. The van der Waals surface area contributed by atoms with Crippen LogP contribution in [0.5, 0.6) is 0 Å². The molecule has 96 valence electrons. The van der Waals surface area contributed by atoms with Crippen LogP contribution in [-0.4, -0.2) is 9.97 Å². The van der Waals surface area contributed by atoms with Crippen molar-refractivity contribution in [2.45, 2.75) is 33.2 Å². The van der Waals surface area contributed by atoms with Gasteiger partial charge >= 0.3 is 0 Å². The molecule has 5 heteroatoms. The molecule has 2 aromatic rings. The standard InChI is InChI=1S/C13H16BrN3S/c1-8(2)12-4-9(3)16-13(17-12)15-6-11-5-10(14)7-18-11/h4-5,7-8H,6H2,1-3H3,(H,15,16,17). The Bertz CT molecular complexity index is 537. The number of aromatic nitrogens is 2. The number of hydrogen-bond acceptors (Lipinski definition) is 4. The van der Waals surface area contributed by atoms with Crippen molar-refractivity contribution >= 4 is 33.2 Å². The average molecular weight is 326 g/mol. The summed E-state index contributed by atoms with van der Waals surface area (Å²) in [7, 11) is 0. The summed E-state index contributed by atoms with van der Waals surface area (Å²) in [5.41, 5.74) is 2.08. The van der Waals surface area contributed by atoms with Gasteiger partial charge in [-0.2, -0.15) is 0 Å². The van der Waals surface area contributed by atoms with E-state index in [4.69, 9.17) is 0 Å². The Hall–Kier alpha value is -0.940. The van der Waals surface area contributed by atoms with Gasteiger partial charge in [-0.05, 0) is 40.9 Å². The molecule has 0 saturated carbocycles. The summed E-state index contributed by atoms with van der Waals surface area (Å²) in [5, 5.41) is 5.35. The van der Waals surface area contributed by atoms with Crippen molar-refractivity contribution in [2.24, 2.45) is 0 Å². The molecule has 0 aromatic carbocycles. The average Bonchev–Trinajstić information content (AvgIpc) is 2.72. The van der Waals surface area contributed by atoms with Crippen LogP contribution in [0.3, 0.4) is 0 Å². The Morgan fingerprint density at radius 3 is 2.72 bits per heavy atom. The molecule has 0 fully saturated rings. The zero-order valence-electron chi connectivity index (χ0n) is 10.7. The molecule has 3 nitrogen and oxygen atoms in total. The van der Waals surface area contributed by atoms with Gasteiger partial charge in [0.2, 0.25) is 5.95 Å². The molecule has 18 heavy (non-hydrogen) atoms. The zero-order valence-corrected chi connectivity index (χ0v) is 13.1. The molecule has 0 spiro atoms. The van der Waals surface area contributed by atoms with E-state index in [2.05, 4.69) is 56.5 Å². The van der Waals surface area contributed by atoms with E-state index in [1.54, 1.807) is 11.3 Å². The lowest BCUT2D eigenvalue weighted by Gasteiger charge is -2.09. The van der Waals surface area contributed by atoms with Crippen molar-refractivity contribution in [2.75, 3.05) is 5.32 Å². The van der Waals surface area contributed by atoms with Gasteiger partial charge in [0, 0.05) is 26.1 Å². The number of halogens is 1. The lowest BCUT2D eigenvalue weighted by Crippen LogP contribution is -2.06. The third kappa shape index (κ3) is 3.53. The van der Waals surface area contributed by atoms with Gasteiger partial charge in [-0.15, -0.1) is 11.3 Å². The summed E-state index contributed by atoms with van der Waals surface area (Å²) in [6, 6.07) is 4.15. The quantitative estimate of drug-likeness (QED) is 0.908. The molecule has 1 N–H and O–H groups in total. The van der Waals surface area contributed by atoms with Crippen LogP contribution in [0.1, 0.15) is 36.0 Å². The molecule has 0 aliphatic rings. The first-order valence-electron chi connectivity index (χ1n) is 5.87. The van der Waals surface area contributed by atoms with Crippen molar-refractivity contribution < 1.29 is 0 Å². The molecule has 2 rings (SSSR count). The second-order valence-electron chi connectivity index (χ2n) is 4.50. The highest BCUT2D eigenvalue weighted by molar-refractivity contribution is 9.10. The number of hydrogen-bond donors (Lipinski definition) is 1. The molecule has 0 atom stereocenters. The first-order chi connectivity index (χ1) is 8.54. The number of nitrogens with one attached hydrogen (secondary N) is 1. The van der Waals surface area contributed by atoms with Crippen molar-refractivity contribution in [3.63, 3.8) is 0 Å². The lowest BCUT2D eigenvalue weighted by molar-refractivity contribution is 0.808. The first-order valence-corrected chi connectivity index (χ1v) is 7.54. The SMILES string of the molecule is Cc1cc(C(C)C)nc(NCc2cc(Br)cs2)n1. The maximum atomic E-state index is 4.53. The van der Waals surface area contributed by atoms with Crippen LogP contribution in [0.25, 0.3) is 0 Å². The second-order valence-corrected chi connectivity index (χ2v) is 6.41. The highest BCUT2D eigenvalue weighted by Gasteiger charge is 2.06. The number of anilines is 1. The van der Waals surface area contributed by atoms with Crippen molar-refractivity contribution in [3.05, 3.63) is 38.3 Å². The molecule has 0 radical (unpaired) electrons. The predicted octanol–water partition coefficient (Wildman–Crippen LogP) is 4.34. The lowest BCUT2D eigenvalue weighted by atomic mass is 10.1. The number of aryl methyl sites for hydroxylation is 1. The summed E-state index contributed by atoms with van der Waals surface area (Å²) < 4.78 is 1.12. The van der Waals surface area contributed by atoms with Crippen LogP contribution in [0, 0.1) is 6.92 Å².